The van der Waals surface area contributed by atoms with Gasteiger partial charge < -0.3 is 20.3 Å². The van der Waals surface area contributed by atoms with Crippen LogP contribution >= 0.6 is 0 Å². The van der Waals surface area contributed by atoms with Gasteiger partial charge in [0.2, 0.25) is 0 Å². The summed E-state index contributed by atoms with van der Waals surface area (Å²) in [6.07, 6.45) is 0.964. The van der Waals surface area contributed by atoms with Crippen molar-refractivity contribution in [1.29, 1.82) is 0 Å². The summed E-state index contributed by atoms with van der Waals surface area (Å²) in [7, 11) is 0. The molecule has 1 atom stereocenters. The maximum atomic E-state index is 12.2. The number of benzene rings is 2. The van der Waals surface area contributed by atoms with Crippen LogP contribution in [0.25, 0.3) is 11.1 Å². The second-order valence-corrected chi connectivity index (χ2v) is 6.05. The molecule has 3 N–H and O–H groups in total. The lowest BCUT2D eigenvalue weighted by Crippen LogP contribution is -2.29. The summed E-state index contributed by atoms with van der Waals surface area (Å²) < 4.78 is 5.28. The van der Waals surface area contributed by atoms with E-state index in [1.165, 1.54) is 12.1 Å². The molecule has 0 bridgehead atoms. The lowest BCUT2D eigenvalue weighted by atomic mass is 10.0. The molecule has 2 aromatic carbocycles. The number of nitrogens with one attached hydrogen (secondary N) is 1. The number of ether oxygens (including phenoxy) is 1. The van der Waals surface area contributed by atoms with Crippen molar-refractivity contribution in [2.24, 2.45) is 5.92 Å². The molecule has 0 unspecified atom stereocenters. The van der Waals surface area contributed by atoms with Crippen molar-refractivity contribution in [2.45, 2.75) is 6.42 Å². The Bertz CT molecular complexity index is 779. The third kappa shape index (κ3) is 3.97. The van der Waals surface area contributed by atoms with E-state index < -0.39 is 5.97 Å². The third-order valence-electron chi connectivity index (χ3n) is 4.28. The molecule has 1 aliphatic rings. The third-order valence-corrected chi connectivity index (χ3v) is 4.28. The largest absolute Gasteiger partial charge is 0.507 e. The van der Waals surface area contributed by atoms with Crippen molar-refractivity contribution in [3.8, 4) is 16.9 Å². The summed E-state index contributed by atoms with van der Waals surface area (Å²) >= 11 is 0. The Morgan fingerprint density at radius 1 is 1.12 bits per heavy atom. The first-order valence-corrected chi connectivity index (χ1v) is 8.07. The van der Waals surface area contributed by atoms with Gasteiger partial charge in [0.15, 0.2) is 0 Å². The summed E-state index contributed by atoms with van der Waals surface area (Å²) in [5.41, 5.74) is 1.81. The summed E-state index contributed by atoms with van der Waals surface area (Å²) in [6, 6.07) is 11.3. The zero-order valence-electron chi connectivity index (χ0n) is 13.6. The van der Waals surface area contributed by atoms with Gasteiger partial charge in [0, 0.05) is 24.6 Å². The van der Waals surface area contributed by atoms with E-state index in [0.717, 1.165) is 18.6 Å². The molecule has 0 saturated carbocycles. The number of carbonyl (C=O) groups is 2. The monoisotopic (exact) mass is 341 g/mol. The van der Waals surface area contributed by atoms with Crippen molar-refractivity contribution >= 4 is 11.9 Å². The first kappa shape index (κ1) is 17.0. The molecule has 25 heavy (non-hydrogen) atoms. The number of carboxylic acids is 1. The van der Waals surface area contributed by atoms with Gasteiger partial charge in [0.05, 0.1) is 6.61 Å². The number of aromatic carboxylic acids is 1. The quantitative estimate of drug-likeness (QED) is 0.777. The number of hydrogen-bond acceptors (Lipinski definition) is 4. The van der Waals surface area contributed by atoms with Gasteiger partial charge in [0.1, 0.15) is 11.3 Å². The molecular formula is C19H19NO5. The first-order valence-electron chi connectivity index (χ1n) is 8.07. The highest BCUT2D eigenvalue weighted by Crippen LogP contribution is 2.26. The fourth-order valence-electron chi connectivity index (χ4n) is 2.78. The van der Waals surface area contributed by atoms with Crippen LogP contribution in [0.4, 0.5) is 0 Å². The zero-order chi connectivity index (χ0) is 17.8. The average Bonchev–Trinajstić information content (AvgIpc) is 3.13. The molecular weight excluding hydrogens is 322 g/mol. The Balaban J connectivity index is 1.70. The van der Waals surface area contributed by atoms with E-state index >= 15 is 0 Å². The lowest BCUT2D eigenvalue weighted by Gasteiger charge is -2.10. The van der Waals surface area contributed by atoms with Crippen molar-refractivity contribution in [3.63, 3.8) is 0 Å². The fraction of sp³-hybridized carbons (Fsp3) is 0.263. The van der Waals surface area contributed by atoms with Gasteiger partial charge >= 0.3 is 5.97 Å². The number of aromatic hydroxyl groups is 1. The van der Waals surface area contributed by atoms with Crippen LogP contribution in [-0.4, -0.2) is 41.8 Å². The number of amides is 1. The molecule has 0 aromatic heterocycles. The molecule has 2 aromatic rings. The van der Waals surface area contributed by atoms with Crippen LogP contribution in [0.2, 0.25) is 0 Å². The normalized spacial score (nSPS) is 16.6. The molecule has 0 spiro atoms. The Morgan fingerprint density at radius 3 is 2.48 bits per heavy atom. The topological polar surface area (TPSA) is 95.9 Å². The zero-order valence-corrected chi connectivity index (χ0v) is 13.6. The van der Waals surface area contributed by atoms with Crippen molar-refractivity contribution in [2.75, 3.05) is 19.8 Å². The van der Waals surface area contributed by atoms with E-state index in [2.05, 4.69) is 5.32 Å². The maximum absolute atomic E-state index is 12.2. The van der Waals surface area contributed by atoms with Gasteiger partial charge in [-0.1, -0.05) is 18.2 Å². The van der Waals surface area contributed by atoms with Crippen molar-refractivity contribution in [3.05, 3.63) is 53.6 Å². The molecule has 1 amide bonds. The number of rotatable bonds is 5. The first-order chi connectivity index (χ1) is 12.0. The molecule has 3 rings (SSSR count). The van der Waals surface area contributed by atoms with Gasteiger partial charge in [-0.3, -0.25) is 4.79 Å². The van der Waals surface area contributed by atoms with E-state index in [-0.39, 0.29) is 17.2 Å². The SMILES string of the molecule is O=C(NC[C@@H]1CCOC1)c1ccc(-c2ccc(O)c(C(=O)O)c2)cc1. The molecule has 1 aliphatic heterocycles. The second-order valence-electron chi connectivity index (χ2n) is 6.05. The molecule has 1 fully saturated rings. The van der Waals surface area contributed by atoms with Gasteiger partial charge in [-0.2, -0.15) is 0 Å². The second kappa shape index (κ2) is 7.36. The minimum Gasteiger partial charge on any atom is -0.507 e. The molecule has 130 valence electrons. The van der Waals surface area contributed by atoms with Crippen LogP contribution in [0.15, 0.2) is 42.5 Å². The number of carbonyl (C=O) groups excluding carboxylic acids is 1. The highest BCUT2D eigenvalue weighted by atomic mass is 16.5. The molecule has 1 heterocycles. The number of hydrogen-bond donors (Lipinski definition) is 3. The van der Waals surface area contributed by atoms with Gasteiger partial charge in [-0.05, 0) is 41.8 Å². The van der Waals surface area contributed by atoms with Crippen LogP contribution in [0.1, 0.15) is 27.1 Å². The molecule has 6 heteroatoms. The standard InChI is InChI=1S/C19H19NO5/c21-17-6-5-15(9-16(17)19(23)24)13-1-3-14(4-2-13)18(22)20-10-12-7-8-25-11-12/h1-6,9,12,21H,7-8,10-11H2,(H,20,22)(H,23,24)/t12-/m0/s1. The Labute approximate surface area is 145 Å². The lowest BCUT2D eigenvalue weighted by molar-refractivity contribution is 0.0693. The van der Waals surface area contributed by atoms with E-state index in [4.69, 9.17) is 9.84 Å². The smallest absolute Gasteiger partial charge is 0.339 e. The Hall–Kier alpha value is -2.86. The minimum atomic E-state index is -1.19. The maximum Gasteiger partial charge on any atom is 0.339 e. The fourth-order valence-corrected chi connectivity index (χ4v) is 2.78. The highest BCUT2D eigenvalue weighted by Gasteiger charge is 2.17. The molecule has 6 nitrogen and oxygen atoms in total. The van der Waals surface area contributed by atoms with E-state index in [9.17, 15) is 14.7 Å². The van der Waals surface area contributed by atoms with Gasteiger partial charge in [-0.15, -0.1) is 0 Å². The van der Waals surface area contributed by atoms with E-state index in [1.807, 2.05) is 0 Å². The summed E-state index contributed by atoms with van der Waals surface area (Å²) in [4.78, 5) is 23.3. The Morgan fingerprint density at radius 2 is 1.84 bits per heavy atom. The highest BCUT2D eigenvalue weighted by molar-refractivity contribution is 5.95. The van der Waals surface area contributed by atoms with Crippen molar-refractivity contribution in [1.82, 2.24) is 5.32 Å². The average molecular weight is 341 g/mol. The predicted molar refractivity (Wildman–Crippen MR) is 91.8 cm³/mol. The van der Waals surface area contributed by atoms with E-state index in [1.54, 1.807) is 30.3 Å². The predicted octanol–water partition coefficient (Wildman–Crippen LogP) is 2.52. The molecule has 0 radical (unpaired) electrons. The summed E-state index contributed by atoms with van der Waals surface area (Å²) in [6.45, 7) is 2.03. The van der Waals surface area contributed by atoms with Crippen LogP contribution in [0.5, 0.6) is 5.75 Å². The number of carboxylic acid groups (broad SMARTS) is 1. The molecule has 1 saturated heterocycles. The van der Waals surface area contributed by atoms with E-state index in [0.29, 0.717) is 30.2 Å². The van der Waals surface area contributed by atoms with Gasteiger partial charge in [-0.25, -0.2) is 4.79 Å². The summed E-state index contributed by atoms with van der Waals surface area (Å²) in [5, 5.41) is 21.6. The van der Waals surface area contributed by atoms with Crippen LogP contribution in [-0.2, 0) is 4.74 Å². The van der Waals surface area contributed by atoms with Gasteiger partial charge in [0.25, 0.3) is 5.91 Å². The van der Waals surface area contributed by atoms with Crippen LogP contribution in [0.3, 0.4) is 0 Å². The summed E-state index contributed by atoms with van der Waals surface area (Å²) in [5.74, 6) is -1.24. The van der Waals surface area contributed by atoms with Crippen LogP contribution < -0.4 is 5.32 Å². The van der Waals surface area contributed by atoms with Crippen LogP contribution in [0, 0.1) is 5.92 Å². The van der Waals surface area contributed by atoms with Crippen molar-refractivity contribution < 1.29 is 24.5 Å². The minimum absolute atomic E-state index is 0.143. The molecule has 0 aliphatic carbocycles. The number of phenols is 1. The Kier molecular flexibility index (Phi) is 5.00.